The maximum atomic E-state index is 12.0. The number of nitriles is 1. The van der Waals surface area contributed by atoms with Gasteiger partial charge in [0, 0.05) is 25.6 Å². The van der Waals surface area contributed by atoms with Crippen molar-refractivity contribution >= 4 is 15.9 Å². The van der Waals surface area contributed by atoms with Gasteiger partial charge < -0.3 is 10.0 Å². The molecule has 0 unspecified atom stereocenters. The van der Waals surface area contributed by atoms with E-state index in [4.69, 9.17) is 0 Å². The molecule has 8 heteroatoms. The Bertz CT molecular complexity index is 1040. The van der Waals surface area contributed by atoms with E-state index >= 15 is 0 Å². The molecule has 1 heterocycles. The molecule has 0 saturated carbocycles. The van der Waals surface area contributed by atoms with Crippen LogP contribution in [0.4, 0.5) is 0 Å². The summed E-state index contributed by atoms with van der Waals surface area (Å²) in [5.41, 5.74) is 3.28. The molecular formula is C21H23N3O4S. The first-order valence-corrected chi connectivity index (χ1v) is 10.9. The Balaban J connectivity index is 1.84. The van der Waals surface area contributed by atoms with Crippen molar-refractivity contribution in [3.05, 3.63) is 59.7 Å². The minimum Gasteiger partial charge on any atom is -0.395 e. The van der Waals surface area contributed by atoms with Crippen LogP contribution in [0.3, 0.4) is 0 Å². The van der Waals surface area contributed by atoms with E-state index < -0.39 is 22.1 Å². The van der Waals surface area contributed by atoms with Gasteiger partial charge in [0.05, 0.1) is 25.0 Å². The highest BCUT2D eigenvalue weighted by molar-refractivity contribution is 7.88. The van der Waals surface area contributed by atoms with Crippen LogP contribution in [0.25, 0.3) is 11.1 Å². The minimum atomic E-state index is -3.58. The van der Waals surface area contributed by atoms with Gasteiger partial charge in [0.1, 0.15) is 6.04 Å². The van der Waals surface area contributed by atoms with Crippen molar-refractivity contribution in [1.29, 1.82) is 5.26 Å². The maximum Gasteiger partial charge on any atom is 0.253 e. The lowest BCUT2D eigenvalue weighted by Crippen LogP contribution is -2.64. The van der Waals surface area contributed by atoms with Crippen LogP contribution in [0.2, 0.25) is 0 Å². The Kier molecular flexibility index (Phi) is 5.75. The van der Waals surface area contributed by atoms with E-state index in [1.54, 1.807) is 26.2 Å². The summed E-state index contributed by atoms with van der Waals surface area (Å²) in [6, 6.07) is 15.3. The second kappa shape index (κ2) is 7.95. The number of sulfonamides is 1. The van der Waals surface area contributed by atoms with Crippen molar-refractivity contribution in [3.63, 3.8) is 0 Å². The highest BCUT2D eigenvalue weighted by Gasteiger charge is 2.53. The molecule has 1 amide bonds. The predicted octanol–water partition coefficient (Wildman–Crippen LogP) is 1.67. The number of hydrogen-bond acceptors (Lipinski definition) is 5. The molecular weight excluding hydrogens is 390 g/mol. The van der Waals surface area contributed by atoms with E-state index in [0.717, 1.165) is 27.3 Å². The molecule has 0 aromatic heterocycles. The Morgan fingerprint density at radius 1 is 1.10 bits per heavy atom. The number of carbonyl (C=O) groups is 1. The van der Waals surface area contributed by atoms with Gasteiger partial charge in [-0.15, -0.1) is 0 Å². The topological polar surface area (TPSA) is 102 Å². The van der Waals surface area contributed by atoms with Crippen LogP contribution in [0.5, 0.6) is 0 Å². The molecule has 0 spiro atoms. The van der Waals surface area contributed by atoms with Gasteiger partial charge in [0.25, 0.3) is 5.91 Å². The van der Waals surface area contributed by atoms with E-state index in [1.165, 1.54) is 4.90 Å². The molecule has 0 bridgehead atoms. The first kappa shape index (κ1) is 21.0. The van der Waals surface area contributed by atoms with Crippen LogP contribution in [0.15, 0.2) is 48.5 Å². The number of aliphatic hydroxyl groups excluding tert-OH is 1. The number of carbonyl (C=O) groups excluding carboxylic acids is 1. The number of aliphatic hydroxyl groups is 1. The number of amides is 1. The number of rotatable bonds is 5. The Labute approximate surface area is 170 Å². The van der Waals surface area contributed by atoms with Crippen molar-refractivity contribution in [2.24, 2.45) is 0 Å². The molecule has 152 valence electrons. The van der Waals surface area contributed by atoms with Crippen LogP contribution in [0, 0.1) is 11.3 Å². The van der Waals surface area contributed by atoms with Gasteiger partial charge in [-0.1, -0.05) is 36.4 Å². The largest absolute Gasteiger partial charge is 0.395 e. The molecule has 2 aromatic rings. The summed E-state index contributed by atoms with van der Waals surface area (Å²) in [7, 11) is -0.172. The summed E-state index contributed by atoms with van der Waals surface area (Å²) in [6.45, 7) is -0.348. The molecule has 1 aliphatic rings. The molecule has 3 atom stereocenters. The average molecular weight is 413 g/mol. The fourth-order valence-electron chi connectivity index (χ4n) is 3.78. The van der Waals surface area contributed by atoms with E-state index in [2.05, 4.69) is 0 Å². The zero-order valence-corrected chi connectivity index (χ0v) is 17.3. The van der Waals surface area contributed by atoms with Crippen LogP contribution in [0.1, 0.15) is 21.8 Å². The molecule has 2 aromatic carbocycles. The maximum absolute atomic E-state index is 12.0. The van der Waals surface area contributed by atoms with Crippen molar-refractivity contribution in [1.82, 2.24) is 9.21 Å². The van der Waals surface area contributed by atoms with Gasteiger partial charge >= 0.3 is 0 Å². The van der Waals surface area contributed by atoms with Gasteiger partial charge in [0.15, 0.2) is 0 Å². The molecule has 29 heavy (non-hydrogen) atoms. The Hall–Kier alpha value is -2.73. The summed E-state index contributed by atoms with van der Waals surface area (Å²) in [5.74, 6) is -0.446. The third-order valence-corrected chi connectivity index (χ3v) is 6.49. The molecule has 1 fully saturated rings. The monoisotopic (exact) mass is 413 g/mol. The van der Waals surface area contributed by atoms with E-state index in [9.17, 15) is 23.6 Å². The SMILES string of the molecule is CN(C)C(=O)c1ccc(-c2ccc([C@@H]3[C@@H](CO)N(S(C)(=O)=O)[C@H]3C#N)cc2)cc1. The second-order valence-corrected chi connectivity index (χ2v) is 9.23. The quantitative estimate of drug-likeness (QED) is 0.803. The highest BCUT2D eigenvalue weighted by atomic mass is 32.2. The van der Waals surface area contributed by atoms with Crippen molar-refractivity contribution in [3.8, 4) is 17.2 Å². The first-order valence-electron chi connectivity index (χ1n) is 9.10. The van der Waals surface area contributed by atoms with Gasteiger partial charge in [-0.3, -0.25) is 4.79 Å². The van der Waals surface area contributed by atoms with Gasteiger partial charge in [-0.05, 0) is 28.8 Å². The third kappa shape index (κ3) is 3.90. The molecule has 3 rings (SSSR count). The summed E-state index contributed by atoms with van der Waals surface area (Å²) in [4.78, 5) is 13.5. The Morgan fingerprint density at radius 3 is 2.03 bits per heavy atom. The molecule has 0 aliphatic carbocycles. The first-order chi connectivity index (χ1) is 13.7. The number of benzene rings is 2. The second-order valence-electron chi connectivity index (χ2n) is 7.34. The number of hydrogen-bond donors (Lipinski definition) is 1. The predicted molar refractivity (Wildman–Crippen MR) is 110 cm³/mol. The van der Waals surface area contributed by atoms with Crippen LogP contribution in [-0.2, 0) is 10.0 Å². The van der Waals surface area contributed by atoms with Gasteiger partial charge in [-0.25, -0.2) is 8.42 Å². The standard InChI is InChI=1S/C21H23N3O4S/c1-23(2)21(26)17-10-6-15(7-11-17)14-4-8-16(9-5-14)20-18(12-22)24(19(20)13-25)29(3,27)28/h4-11,18-20,25H,13H2,1-3H3/t18-,19+,20-/m0/s1. The normalized spacial score (nSPS) is 21.8. The molecule has 7 nitrogen and oxygen atoms in total. The highest BCUT2D eigenvalue weighted by Crippen LogP contribution is 2.42. The van der Waals surface area contributed by atoms with E-state index in [0.29, 0.717) is 5.56 Å². The van der Waals surface area contributed by atoms with E-state index in [-0.39, 0.29) is 18.4 Å². The third-order valence-electron chi connectivity index (χ3n) is 5.22. The Morgan fingerprint density at radius 2 is 1.62 bits per heavy atom. The van der Waals surface area contributed by atoms with Crippen LogP contribution < -0.4 is 0 Å². The van der Waals surface area contributed by atoms with Crippen molar-refractivity contribution in [2.75, 3.05) is 27.0 Å². The summed E-state index contributed by atoms with van der Waals surface area (Å²) in [5, 5.41) is 19.1. The zero-order chi connectivity index (χ0) is 21.3. The van der Waals surface area contributed by atoms with Crippen molar-refractivity contribution in [2.45, 2.75) is 18.0 Å². The minimum absolute atomic E-state index is 0.0649. The molecule has 1 aliphatic heterocycles. The smallest absolute Gasteiger partial charge is 0.253 e. The fourth-order valence-corrected chi connectivity index (χ4v) is 5.06. The van der Waals surface area contributed by atoms with Gasteiger partial charge in [-0.2, -0.15) is 9.57 Å². The van der Waals surface area contributed by atoms with Crippen LogP contribution >= 0.6 is 0 Å². The lowest BCUT2D eigenvalue weighted by atomic mass is 9.78. The molecule has 1 saturated heterocycles. The van der Waals surface area contributed by atoms with E-state index in [1.807, 2.05) is 42.5 Å². The fraction of sp³-hybridized carbons (Fsp3) is 0.333. The van der Waals surface area contributed by atoms with Crippen LogP contribution in [-0.4, -0.2) is 67.7 Å². The lowest BCUT2D eigenvalue weighted by molar-refractivity contribution is 0.0564. The summed E-state index contributed by atoms with van der Waals surface area (Å²) < 4.78 is 24.9. The summed E-state index contributed by atoms with van der Waals surface area (Å²) in [6.07, 6.45) is 1.05. The zero-order valence-electron chi connectivity index (χ0n) is 16.5. The van der Waals surface area contributed by atoms with Crippen molar-refractivity contribution < 1.29 is 18.3 Å². The number of nitrogens with zero attached hydrogens (tertiary/aromatic N) is 3. The molecule has 0 radical (unpaired) electrons. The van der Waals surface area contributed by atoms with Gasteiger partial charge in [0.2, 0.25) is 10.0 Å². The average Bonchev–Trinajstić information content (AvgIpc) is 2.67. The summed E-state index contributed by atoms with van der Waals surface area (Å²) >= 11 is 0. The molecule has 1 N–H and O–H groups in total. The lowest BCUT2D eigenvalue weighted by Gasteiger charge is -2.49.